The molecule has 0 bridgehead atoms. The van der Waals surface area contributed by atoms with E-state index in [-0.39, 0.29) is 0 Å². The molecule has 0 fully saturated rings. The molecule has 1 atom stereocenters. The zero-order chi connectivity index (χ0) is 16.2. The van der Waals surface area contributed by atoms with E-state index in [2.05, 4.69) is 4.74 Å². The van der Waals surface area contributed by atoms with Crippen LogP contribution in [-0.4, -0.2) is 36.7 Å². The second kappa shape index (κ2) is 6.53. The molecule has 21 heavy (non-hydrogen) atoms. The molecule has 0 spiro atoms. The minimum Gasteiger partial charge on any atom is -0.467 e. The number of aliphatic hydroxyl groups excluding tert-OH is 1. The van der Waals surface area contributed by atoms with Crippen molar-refractivity contribution in [2.45, 2.75) is 12.3 Å². The van der Waals surface area contributed by atoms with Gasteiger partial charge in [-0.2, -0.15) is 13.2 Å². The standard InChI is InChI=1S/C12H11F4NO4/c1-21-11(20)8(18)5-17-10(19)6-3-2-4-7(9(6)13)12(14,15)16/h2-4,8,18H,5H2,1H3,(H,17,19). The highest BCUT2D eigenvalue weighted by Gasteiger charge is 2.35. The average Bonchev–Trinajstić information content (AvgIpc) is 2.42. The van der Waals surface area contributed by atoms with Gasteiger partial charge in [0.05, 0.1) is 24.8 Å². The van der Waals surface area contributed by atoms with Gasteiger partial charge in [-0.15, -0.1) is 0 Å². The lowest BCUT2D eigenvalue weighted by molar-refractivity contribution is -0.149. The van der Waals surface area contributed by atoms with Crippen molar-refractivity contribution in [1.82, 2.24) is 5.32 Å². The third kappa shape index (κ3) is 4.15. The fourth-order valence-electron chi connectivity index (χ4n) is 1.43. The maximum absolute atomic E-state index is 13.6. The number of amides is 1. The largest absolute Gasteiger partial charge is 0.467 e. The summed E-state index contributed by atoms with van der Waals surface area (Å²) in [6.07, 6.45) is -6.64. The summed E-state index contributed by atoms with van der Waals surface area (Å²) in [5.74, 6) is -3.96. The molecular weight excluding hydrogens is 298 g/mol. The van der Waals surface area contributed by atoms with E-state index in [0.29, 0.717) is 6.07 Å². The van der Waals surface area contributed by atoms with Crippen LogP contribution in [0.15, 0.2) is 18.2 Å². The summed E-state index contributed by atoms with van der Waals surface area (Å²) < 4.78 is 55.3. The topological polar surface area (TPSA) is 75.6 Å². The number of carbonyl (C=O) groups is 2. The third-order valence-electron chi connectivity index (χ3n) is 2.48. The first-order valence-corrected chi connectivity index (χ1v) is 5.58. The molecule has 116 valence electrons. The summed E-state index contributed by atoms with van der Waals surface area (Å²) in [4.78, 5) is 22.4. The predicted molar refractivity (Wildman–Crippen MR) is 61.8 cm³/mol. The van der Waals surface area contributed by atoms with E-state index in [4.69, 9.17) is 0 Å². The van der Waals surface area contributed by atoms with Crippen LogP contribution >= 0.6 is 0 Å². The Labute approximate surface area is 116 Å². The molecule has 0 heterocycles. The van der Waals surface area contributed by atoms with E-state index in [0.717, 1.165) is 19.2 Å². The van der Waals surface area contributed by atoms with Gasteiger partial charge in [-0.05, 0) is 12.1 Å². The lowest BCUT2D eigenvalue weighted by Crippen LogP contribution is -2.37. The number of hydrogen-bond donors (Lipinski definition) is 2. The maximum Gasteiger partial charge on any atom is 0.419 e. The molecule has 0 aliphatic heterocycles. The molecule has 0 saturated heterocycles. The van der Waals surface area contributed by atoms with Crippen LogP contribution < -0.4 is 5.32 Å². The molecule has 0 radical (unpaired) electrons. The number of benzene rings is 1. The Hall–Kier alpha value is -2.16. The van der Waals surface area contributed by atoms with Crippen molar-refractivity contribution in [3.05, 3.63) is 35.1 Å². The monoisotopic (exact) mass is 309 g/mol. The summed E-state index contributed by atoms with van der Waals surface area (Å²) >= 11 is 0. The number of aliphatic hydroxyl groups is 1. The summed E-state index contributed by atoms with van der Waals surface area (Å²) in [5, 5.41) is 11.1. The molecule has 0 aliphatic rings. The Kier molecular flexibility index (Phi) is 5.25. The van der Waals surface area contributed by atoms with Gasteiger partial charge in [-0.1, -0.05) is 6.07 Å². The normalized spacial score (nSPS) is 12.7. The quantitative estimate of drug-likeness (QED) is 0.645. The molecule has 1 amide bonds. The molecule has 9 heteroatoms. The van der Waals surface area contributed by atoms with Crippen LogP contribution in [0.3, 0.4) is 0 Å². The van der Waals surface area contributed by atoms with Crippen LogP contribution in [0.2, 0.25) is 0 Å². The summed E-state index contributed by atoms with van der Waals surface area (Å²) in [7, 11) is 1.000. The fraction of sp³-hybridized carbons (Fsp3) is 0.333. The number of hydrogen-bond acceptors (Lipinski definition) is 4. The summed E-state index contributed by atoms with van der Waals surface area (Å²) in [5.41, 5.74) is -2.43. The predicted octanol–water partition coefficient (Wildman–Crippen LogP) is 1.11. The number of esters is 1. The van der Waals surface area contributed by atoms with Crippen molar-refractivity contribution in [1.29, 1.82) is 0 Å². The fourth-order valence-corrected chi connectivity index (χ4v) is 1.43. The second-order valence-corrected chi connectivity index (χ2v) is 3.91. The third-order valence-corrected chi connectivity index (χ3v) is 2.48. The van der Waals surface area contributed by atoms with Crippen LogP contribution in [0, 0.1) is 5.82 Å². The lowest BCUT2D eigenvalue weighted by Gasteiger charge is -2.12. The molecule has 0 saturated carbocycles. The minimum absolute atomic E-state index is 0.495. The molecule has 1 unspecified atom stereocenters. The highest BCUT2D eigenvalue weighted by atomic mass is 19.4. The molecule has 0 aliphatic carbocycles. The first-order valence-electron chi connectivity index (χ1n) is 5.58. The van der Waals surface area contributed by atoms with E-state index < -0.39 is 47.6 Å². The van der Waals surface area contributed by atoms with Gasteiger partial charge in [-0.25, -0.2) is 9.18 Å². The van der Waals surface area contributed by atoms with Crippen LogP contribution in [0.4, 0.5) is 17.6 Å². The van der Waals surface area contributed by atoms with Gasteiger partial charge in [-0.3, -0.25) is 4.79 Å². The number of ether oxygens (including phenoxy) is 1. The highest BCUT2D eigenvalue weighted by molar-refractivity contribution is 5.95. The van der Waals surface area contributed by atoms with Crippen molar-refractivity contribution >= 4 is 11.9 Å². The number of carbonyl (C=O) groups excluding carboxylic acids is 2. The number of alkyl halides is 3. The Morgan fingerprint density at radius 3 is 2.52 bits per heavy atom. The van der Waals surface area contributed by atoms with Gasteiger partial charge in [0.2, 0.25) is 0 Å². The molecule has 2 N–H and O–H groups in total. The summed E-state index contributed by atoms with van der Waals surface area (Å²) in [6, 6.07) is 2.22. The number of halogens is 4. The van der Waals surface area contributed by atoms with Crippen molar-refractivity contribution in [2.24, 2.45) is 0 Å². The van der Waals surface area contributed by atoms with E-state index in [9.17, 15) is 32.3 Å². The van der Waals surface area contributed by atoms with Gasteiger partial charge in [0, 0.05) is 0 Å². The lowest BCUT2D eigenvalue weighted by atomic mass is 10.1. The Balaban J connectivity index is 2.87. The van der Waals surface area contributed by atoms with E-state index >= 15 is 0 Å². The maximum atomic E-state index is 13.6. The zero-order valence-corrected chi connectivity index (χ0v) is 10.7. The minimum atomic E-state index is -4.94. The van der Waals surface area contributed by atoms with Crippen LogP contribution in [0.5, 0.6) is 0 Å². The molecule has 0 aromatic heterocycles. The van der Waals surface area contributed by atoms with Gasteiger partial charge in [0.25, 0.3) is 5.91 Å². The summed E-state index contributed by atoms with van der Waals surface area (Å²) in [6.45, 7) is -0.624. The highest BCUT2D eigenvalue weighted by Crippen LogP contribution is 2.32. The first kappa shape index (κ1) is 16.9. The second-order valence-electron chi connectivity index (χ2n) is 3.91. The Morgan fingerprint density at radius 2 is 2.00 bits per heavy atom. The van der Waals surface area contributed by atoms with Crippen molar-refractivity contribution < 1.29 is 37.0 Å². The first-order chi connectivity index (χ1) is 9.68. The molecule has 5 nitrogen and oxygen atoms in total. The molecular formula is C12H11F4NO4. The van der Waals surface area contributed by atoms with Gasteiger partial charge in [0.15, 0.2) is 6.10 Å². The van der Waals surface area contributed by atoms with Crippen LogP contribution in [-0.2, 0) is 15.7 Å². The molecule has 1 aromatic rings. The SMILES string of the molecule is COC(=O)C(O)CNC(=O)c1cccc(C(F)(F)F)c1F. The average molecular weight is 309 g/mol. The molecule has 1 aromatic carbocycles. The number of rotatable bonds is 4. The number of methoxy groups -OCH3 is 1. The van der Waals surface area contributed by atoms with Gasteiger partial charge >= 0.3 is 12.1 Å². The zero-order valence-electron chi connectivity index (χ0n) is 10.7. The van der Waals surface area contributed by atoms with Crippen molar-refractivity contribution in [3.8, 4) is 0 Å². The van der Waals surface area contributed by atoms with Crippen molar-refractivity contribution in [3.63, 3.8) is 0 Å². The Bertz CT molecular complexity index is 545. The van der Waals surface area contributed by atoms with Gasteiger partial charge < -0.3 is 15.2 Å². The Morgan fingerprint density at radius 1 is 1.38 bits per heavy atom. The van der Waals surface area contributed by atoms with Crippen LogP contribution in [0.1, 0.15) is 15.9 Å². The smallest absolute Gasteiger partial charge is 0.419 e. The number of nitrogens with one attached hydrogen (secondary N) is 1. The van der Waals surface area contributed by atoms with E-state index in [1.165, 1.54) is 0 Å². The van der Waals surface area contributed by atoms with E-state index in [1.54, 1.807) is 0 Å². The van der Waals surface area contributed by atoms with E-state index in [1.807, 2.05) is 5.32 Å². The van der Waals surface area contributed by atoms with Crippen LogP contribution in [0.25, 0.3) is 0 Å². The van der Waals surface area contributed by atoms with Crippen molar-refractivity contribution in [2.75, 3.05) is 13.7 Å². The van der Waals surface area contributed by atoms with Gasteiger partial charge in [0.1, 0.15) is 5.82 Å². The molecule has 1 rings (SSSR count).